The zero-order valence-electron chi connectivity index (χ0n) is 6.82. The van der Waals surface area contributed by atoms with Gasteiger partial charge < -0.3 is 5.32 Å². The Hall–Kier alpha value is -0.0300. The molecule has 1 saturated heterocycles. The van der Waals surface area contributed by atoms with Gasteiger partial charge >= 0.3 is 0 Å². The van der Waals surface area contributed by atoms with E-state index < -0.39 is 0 Å². The SMILES string of the molecule is c1csc(SN2CCNCC2)c1. The molecule has 0 amide bonds. The maximum atomic E-state index is 3.34. The van der Waals surface area contributed by atoms with E-state index >= 15 is 0 Å². The first-order valence-electron chi connectivity index (χ1n) is 4.12. The lowest BCUT2D eigenvalue weighted by atomic mass is 10.4. The highest BCUT2D eigenvalue weighted by atomic mass is 32.2. The van der Waals surface area contributed by atoms with Crippen LogP contribution in [0, 0.1) is 0 Å². The molecule has 0 saturated carbocycles. The molecular formula is C8H12N2S2. The molecule has 0 aromatic carbocycles. The van der Waals surface area contributed by atoms with Crippen LogP contribution in [0.1, 0.15) is 0 Å². The Kier molecular flexibility index (Phi) is 3.05. The predicted octanol–water partition coefficient (Wildman–Crippen LogP) is 1.66. The number of piperazine rings is 1. The van der Waals surface area contributed by atoms with Gasteiger partial charge in [-0.1, -0.05) is 6.07 Å². The standard InChI is InChI=1S/C8H12N2S2/c1-2-8(11-7-1)12-10-5-3-9-4-6-10/h1-2,7,9H,3-6H2. The van der Waals surface area contributed by atoms with Crippen molar-refractivity contribution < 1.29 is 0 Å². The van der Waals surface area contributed by atoms with E-state index in [1.54, 1.807) is 0 Å². The fraction of sp³-hybridized carbons (Fsp3) is 0.500. The van der Waals surface area contributed by atoms with Crippen molar-refractivity contribution >= 4 is 23.3 Å². The summed E-state index contributed by atoms with van der Waals surface area (Å²) >= 11 is 3.70. The van der Waals surface area contributed by atoms with Crippen LogP contribution in [0.3, 0.4) is 0 Å². The van der Waals surface area contributed by atoms with Crippen LogP contribution in [0.4, 0.5) is 0 Å². The molecule has 1 fully saturated rings. The number of thiophene rings is 1. The van der Waals surface area contributed by atoms with Crippen LogP contribution in [-0.4, -0.2) is 30.5 Å². The molecule has 0 spiro atoms. The van der Waals surface area contributed by atoms with Gasteiger partial charge in [-0.15, -0.1) is 11.3 Å². The van der Waals surface area contributed by atoms with Gasteiger partial charge in [0.1, 0.15) is 0 Å². The van der Waals surface area contributed by atoms with Crippen molar-refractivity contribution in [1.82, 2.24) is 9.62 Å². The summed E-state index contributed by atoms with van der Waals surface area (Å²) in [6.07, 6.45) is 0. The average molecular weight is 200 g/mol. The summed E-state index contributed by atoms with van der Waals surface area (Å²) in [5.74, 6) is 0. The van der Waals surface area contributed by atoms with Gasteiger partial charge in [-0.2, -0.15) is 0 Å². The normalized spacial score (nSPS) is 19.7. The second-order valence-corrected chi connectivity index (χ2v) is 5.05. The molecule has 1 N–H and O–H groups in total. The molecule has 1 aliphatic rings. The third-order valence-corrected chi connectivity index (χ3v) is 3.90. The first-order valence-corrected chi connectivity index (χ1v) is 5.77. The maximum Gasteiger partial charge on any atom is 0.0753 e. The highest BCUT2D eigenvalue weighted by Crippen LogP contribution is 2.26. The van der Waals surface area contributed by atoms with E-state index in [1.807, 2.05) is 23.3 Å². The van der Waals surface area contributed by atoms with E-state index in [0.29, 0.717) is 0 Å². The Morgan fingerprint density at radius 3 is 2.92 bits per heavy atom. The Bertz CT molecular complexity index is 217. The number of nitrogens with one attached hydrogen (secondary N) is 1. The fourth-order valence-electron chi connectivity index (χ4n) is 1.18. The molecule has 1 aromatic rings. The molecule has 12 heavy (non-hydrogen) atoms. The Labute approximate surface area is 81.1 Å². The van der Waals surface area contributed by atoms with E-state index in [-0.39, 0.29) is 0 Å². The third kappa shape index (κ3) is 2.23. The Morgan fingerprint density at radius 1 is 1.42 bits per heavy atom. The first-order chi connectivity index (χ1) is 5.95. The number of hydrogen-bond acceptors (Lipinski definition) is 4. The van der Waals surface area contributed by atoms with Crippen LogP contribution in [0.5, 0.6) is 0 Å². The van der Waals surface area contributed by atoms with E-state index in [2.05, 4.69) is 27.1 Å². The van der Waals surface area contributed by atoms with Gasteiger partial charge in [0.2, 0.25) is 0 Å². The lowest BCUT2D eigenvalue weighted by Crippen LogP contribution is -2.39. The monoisotopic (exact) mass is 200 g/mol. The molecule has 1 aromatic heterocycles. The summed E-state index contributed by atoms with van der Waals surface area (Å²) in [6.45, 7) is 4.56. The van der Waals surface area contributed by atoms with Gasteiger partial charge in [0.15, 0.2) is 0 Å². The second-order valence-electron chi connectivity index (χ2n) is 2.70. The van der Waals surface area contributed by atoms with Crippen molar-refractivity contribution in [2.45, 2.75) is 4.21 Å². The summed E-state index contributed by atoms with van der Waals surface area (Å²) in [5, 5.41) is 5.47. The van der Waals surface area contributed by atoms with Gasteiger partial charge in [-0.25, -0.2) is 4.31 Å². The summed E-state index contributed by atoms with van der Waals surface area (Å²) < 4.78 is 3.82. The minimum absolute atomic E-state index is 1.12. The van der Waals surface area contributed by atoms with E-state index in [9.17, 15) is 0 Å². The topological polar surface area (TPSA) is 15.3 Å². The zero-order valence-corrected chi connectivity index (χ0v) is 8.46. The van der Waals surface area contributed by atoms with Crippen LogP contribution in [-0.2, 0) is 0 Å². The third-order valence-electron chi connectivity index (χ3n) is 1.79. The molecule has 0 bridgehead atoms. The number of rotatable bonds is 2. The van der Waals surface area contributed by atoms with E-state index in [1.165, 1.54) is 4.21 Å². The molecule has 0 unspecified atom stereocenters. The van der Waals surface area contributed by atoms with E-state index in [0.717, 1.165) is 26.2 Å². The minimum atomic E-state index is 1.12. The van der Waals surface area contributed by atoms with Gasteiger partial charge in [-0.3, -0.25) is 0 Å². The molecule has 2 rings (SSSR count). The van der Waals surface area contributed by atoms with Crippen LogP contribution in [0.25, 0.3) is 0 Å². The van der Waals surface area contributed by atoms with Crippen molar-refractivity contribution in [1.29, 1.82) is 0 Å². The molecule has 0 radical (unpaired) electrons. The molecule has 66 valence electrons. The first kappa shape index (κ1) is 8.56. The van der Waals surface area contributed by atoms with Gasteiger partial charge in [0, 0.05) is 26.2 Å². The summed E-state index contributed by atoms with van der Waals surface area (Å²) in [7, 11) is 0. The smallest absolute Gasteiger partial charge is 0.0753 e. The van der Waals surface area contributed by atoms with Crippen LogP contribution >= 0.6 is 23.3 Å². The fourth-order valence-corrected chi connectivity index (χ4v) is 3.04. The Balaban J connectivity index is 1.86. The zero-order chi connectivity index (χ0) is 8.23. The van der Waals surface area contributed by atoms with Crippen LogP contribution in [0.2, 0.25) is 0 Å². The lowest BCUT2D eigenvalue weighted by molar-refractivity contribution is 0.397. The van der Waals surface area contributed by atoms with Gasteiger partial charge in [0.25, 0.3) is 0 Å². The second kappa shape index (κ2) is 4.28. The molecule has 2 nitrogen and oxygen atoms in total. The van der Waals surface area contributed by atoms with Gasteiger partial charge in [-0.05, 0) is 23.4 Å². The molecule has 0 atom stereocenters. The van der Waals surface area contributed by atoms with Gasteiger partial charge in [0.05, 0.1) is 4.21 Å². The summed E-state index contributed by atoms with van der Waals surface area (Å²) in [6, 6.07) is 4.28. The molecule has 1 aliphatic heterocycles. The summed E-state index contributed by atoms with van der Waals surface area (Å²) in [5.41, 5.74) is 0. The highest BCUT2D eigenvalue weighted by molar-refractivity contribution is 7.98. The molecule has 2 heterocycles. The average Bonchev–Trinajstić information content (AvgIpc) is 2.59. The van der Waals surface area contributed by atoms with Crippen molar-refractivity contribution in [3.05, 3.63) is 17.5 Å². The Morgan fingerprint density at radius 2 is 2.25 bits per heavy atom. The van der Waals surface area contributed by atoms with Crippen molar-refractivity contribution in [3.63, 3.8) is 0 Å². The number of hydrogen-bond donors (Lipinski definition) is 1. The lowest BCUT2D eigenvalue weighted by Gasteiger charge is -2.25. The van der Waals surface area contributed by atoms with E-state index in [4.69, 9.17) is 0 Å². The largest absolute Gasteiger partial charge is 0.314 e. The van der Waals surface area contributed by atoms with Crippen LogP contribution < -0.4 is 5.32 Å². The highest BCUT2D eigenvalue weighted by Gasteiger charge is 2.10. The quantitative estimate of drug-likeness (QED) is 0.731. The minimum Gasteiger partial charge on any atom is -0.314 e. The van der Waals surface area contributed by atoms with Crippen LogP contribution in [0.15, 0.2) is 21.7 Å². The molecule has 4 heteroatoms. The maximum absolute atomic E-state index is 3.34. The molecule has 0 aliphatic carbocycles. The molecular weight excluding hydrogens is 188 g/mol. The number of nitrogens with zero attached hydrogens (tertiary/aromatic N) is 1. The van der Waals surface area contributed by atoms with Crippen molar-refractivity contribution in [3.8, 4) is 0 Å². The van der Waals surface area contributed by atoms with Crippen molar-refractivity contribution in [2.24, 2.45) is 0 Å². The van der Waals surface area contributed by atoms with Crippen molar-refractivity contribution in [2.75, 3.05) is 26.2 Å². The summed E-state index contributed by atoms with van der Waals surface area (Å²) in [4.78, 5) is 0. The predicted molar refractivity (Wildman–Crippen MR) is 54.6 cm³/mol.